The first kappa shape index (κ1) is 76.6. The van der Waals surface area contributed by atoms with Crippen molar-refractivity contribution in [2.75, 3.05) is 13.2 Å². The quantitative estimate of drug-likeness (QED) is 0.0261. The molecular formula is C74H130O6. The van der Waals surface area contributed by atoms with E-state index in [1.54, 1.807) is 0 Å². The number of allylic oxidation sites excluding steroid dienone is 14. The maximum Gasteiger partial charge on any atom is 0.306 e. The third-order valence-electron chi connectivity index (χ3n) is 15.1. The lowest BCUT2D eigenvalue weighted by molar-refractivity contribution is -0.167. The summed E-state index contributed by atoms with van der Waals surface area (Å²) in [6.07, 6.45) is 90.2. The molecular weight excluding hydrogens is 985 g/mol. The summed E-state index contributed by atoms with van der Waals surface area (Å²) in [6, 6.07) is 0. The molecule has 0 spiro atoms. The highest BCUT2D eigenvalue weighted by Gasteiger charge is 2.19. The van der Waals surface area contributed by atoms with Crippen LogP contribution in [0.5, 0.6) is 0 Å². The van der Waals surface area contributed by atoms with E-state index in [0.717, 1.165) is 109 Å². The van der Waals surface area contributed by atoms with E-state index in [0.29, 0.717) is 19.3 Å². The molecule has 1 atom stereocenters. The number of unbranched alkanes of at least 4 members (excludes halogenated alkanes) is 38. The molecule has 0 radical (unpaired) electrons. The number of ether oxygens (including phenoxy) is 3. The molecule has 0 aromatic carbocycles. The van der Waals surface area contributed by atoms with Crippen molar-refractivity contribution in [3.63, 3.8) is 0 Å². The van der Waals surface area contributed by atoms with E-state index >= 15 is 0 Å². The molecule has 0 fully saturated rings. The molecule has 0 aromatic rings. The van der Waals surface area contributed by atoms with Gasteiger partial charge in [-0.25, -0.2) is 0 Å². The van der Waals surface area contributed by atoms with Crippen LogP contribution in [0.1, 0.15) is 348 Å². The highest BCUT2D eigenvalue weighted by Crippen LogP contribution is 2.17. The predicted octanol–water partition coefficient (Wildman–Crippen LogP) is 23.8. The van der Waals surface area contributed by atoms with E-state index in [9.17, 15) is 14.4 Å². The second kappa shape index (κ2) is 68.1. The Kier molecular flexibility index (Phi) is 65.2. The smallest absolute Gasteiger partial charge is 0.306 e. The molecule has 462 valence electrons. The van der Waals surface area contributed by atoms with Crippen LogP contribution in [0.15, 0.2) is 85.1 Å². The van der Waals surface area contributed by atoms with E-state index in [4.69, 9.17) is 14.2 Å². The van der Waals surface area contributed by atoms with Crippen molar-refractivity contribution in [3.8, 4) is 0 Å². The van der Waals surface area contributed by atoms with Crippen molar-refractivity contribution < 1.29 is 28.6 Å². The Morgan fingerprint density at radius 3 is 0.775 bits per heavy atom. The molecule has 0 bridgehead atoms. The fraction of sp³-hybridized carbons (Fsp3) is 0.770. The summed E-state index contributed by atoms with van der Waals surface area (Å²) in [5.41, 5.74) is 0. The fourth-order valence-corrected chi connectivity index (χ4v) is 9.97. The molecule has 0 aliphatic heterocycles. The summed E-state index contributed by atoms with van der Waals surface area (Å²) in [4.78, 5) is 38.5. The molecule has 6 nitrogen and oxygen atoms in total. The number of hydrogen-bond acceptors (Lipinski definition) is 6. The minimum Gasteiger partial charge on any atom is -0.462 e. The highest BCUT2D eigenvalue weighted by atomic mass is 16.6. The predicted molar refractivity (Wildman–Crippen MR) is 348 cm³/mol. The molecule has 0 amide bonds. The van der Waals surface area contributed by atoms with E-state index in [2.05, 4.69) is 106 Å². The Balaban J connectivity index is 4.41. The third-order valence-corrected chi connectivity index (χ3v) is 15.1. The summed E-state index contributed by atoms with van der Waals surface area (Å²) in [5, 5.41) is 0. The van der Waals surface area contributed by atoms with Crippen LogP contribution in [0.3, 0.4) is 0 Å². The van der Waals surface area contributed by atoms with Gasteiger partial charge in [0.1, 0.15) is 13.2 Å². The average Bonchev–Trinajstić information content (AvgIpc) is 3.46. The van der Waals surface area contributed by atoms with E-state index in [1.165, 1.54) is 199 Å². The van der Waals surface area contributed by atoms with Crippen LogP contribution in [-0.4, -0.2) is 37.2 Å². The second-order valence-corrected chi connectivity index (χ2v) is 23.1. The number of hydrogen-bond donors (Lipinski definition) is 0. The topological polar surface area (TPSA) is 78.9 Å². The van der Waals surface area contributed by atoms with E-state index < -0.39 is 6.10 Å². The standard InChI is InChI=1S/C74H130O6/c1-4-7-10-13-16-19-22-25-28-31-34-36-37-39-40-43-46-49-52-55-58-61-64-67-73(76)79-70-71(69-78-72(75)66-63-60-57-54-51-48-45-42-33-30-27-24-21-18-15-12-9-6-3)80-74(77)68-65-62-59-56-53-50-47-44-41-38-35-32-29-26-23-20-17-14-11-8-5-2/h7,10,16,19,25,28,32,34-36,39-40,46,49,71H,4-6,8-9,11-15,17-18,20-24,26-27,29-31,33,37-38,41-45,47-48,50-70H2,1-3H3/b10-7-,19-16-,28-25-,35-32-,36-34-,40-39-,49-46-. The Labute approximate surface area is 496 Å². The monoisotopic (exact) mass is 1110 g/mol. The van der Waals surface area contributed by atoms with E-state index in [1.807, 2.05) is 0 Å². The Morgan fingerprint density at radius 1 is 0.263 bits per heavy atom. The Bertz CT molecular complexity index is 1520. The maximum atomic E-state index is 13.0. The Morgan fingerprint density at radius 2 is 0.487 bits per heavy atom. The largest absolute Gasteiger partial charge is 0.462 e. The van der Waals surface area contributed by atoms with Crippen molar-refractivity contribution in [1.82, 2.24) is 0 Å². The number of carbonyl (C=O) groups is 3. The van der Waals surface area contributed by atoms with Gasteiger partial charge >= 0.3 is 17.9 Å². The van der Waals surface area contributed by atoms with Crippen LogP contribution in [0, 0.1) is 0 Å². The van der Waals surface area contributed by atoms with Gasteiger partial charge in [-0.3, -0.25) is 14.4 Å². The van der Waals surface area contributed by atoms with Gasteiger partial charge in [0.2, 0.25) is 0 Å². The van der Waals surface area contributed by atoms with Crippen molar-refractivity contribution >= 4 is 17.9 Å². The van der Waals surface area contributed by atoms with Gasteiger partial charge in [0.05, 0.1) is 0 Å². The third kappa shape index (κ3) is 65.4. The normalized spacial score (nSPS) is 12.6. The maximum absolute atomic E-state index is 13.0. The summed E-state index contributed by atoms with van der Waals surface area (Å²) >= 11 is 0. The molecule has 0 saturated carbocycles. The van der Waals surface area contributed by atoms with Crippen LogP contribution in [0.2, 0.25) is 0 Å². The zero-order chi connectivity index (χ0) is 57.8. The minimum atomic E-state index is -0.789. The van der Waals surface area contributed by atoms with Crippen LogP contribution >= 0.6 is 0 Å². The Hall–Kier alpha value is -3.41. The number of rotatable bonds is 63. The van der Waals surface area contributed by atoms with Gasteiger partial charge < -0.3 is 14.2 Å². The van der Waals surface area contributed by atoms with Crippen molar-refractivity contribution in [2.45, 2.75) is 354 Å². The molecule has 0 saturated heterocycles. The summed E-state index contributed by atoms with van der Waals surface area (Å²) < 4.78 is 17.0. The summed E-state index contributed by atoms with van der Waals surface area (Å²) in [6.45, 7) is 6.56. The van der Waals surface area contributed by atoms with Crippen molar-refractivity contribution in [1.29, 1.82) is 0 Å². The van der Waals surface area contributed by atoms with Gasteiger partial charge in [-0.15, -0.1) is 0 Å². The molecule has 0 aromatic heterocycles. The lowest BCUT2D eigenvalue weighted by Crippen LogP contribution is -2.30. The molecule has 1 unspecified atom stereocenters. The van der Waals surface area contributed by atoms with Crippen LogP contribution in [0.4, 0.5) is 0 Å². The number of esters is 3. The molecule has 0 rings (SSSR count). The first-order valence-corrected chi connectivity index (χ1v) is 34.6. The molecule has 0 aliphatic carbocycles. The van der Waals surface area contributed by atoms with Gasteiger partial charge in [0.25, 0.3) is 0 Å². The lowest BCUT2D eigenvalue weighted by Gasteiger charge is -2.18. The first-order chi connectivity index (χ1) is 39.5. The van der Waals surface area contributed by atoms with Crippen LogP contribution in [0.25, 0.3) is 0 Å². The minimum absolute atomic E-state index is 0.0822. The highest BCUT2D eigenvalue weighted by molar-refractivity contribution is 5.71. The molecule has 0 heterocycles. The van der Waals surface area contributed by atoms with Crippen LogP contribution in [-0.2, 0) is 28.6 Å². The SMILES string of the molecule is CC/C=C\C/C=C\C/C=C\C/C=C\C/C=C\C/C=C\CCCCCCC(=O)OCC(COC(=O)CCCCCCCCCCCCCCCCCCCC)OC(=O)CCCCCCCCCCC/C=C\CCCCCCCCCC. The zero-order valence-electron chi connectivity index (χ0n) is 53.1. The molecule has 0 N–H and O–H groups in total. The molecule has 6 heteroatoms. The molecule has 80 heavy (non-hydrogen) atoms. The van der Waals surface area contributed by atoms with Gasteiger partial charge in [-0.1, -0.05) is 318 Å². The van der Waals surface area contributed by atoms with Crippen LogP contribution < -0.4 is 0 Å². The van der Waals surface area contributed by atoms with Crippen molar-refractivity contribution in [2.24, 2.45) is 0 Å². The summed E-state index contributed by atoms with van der Waals surface area (Å²) in [7, 11) is 0. The fourth-order valence-electron chi connectivity index (χ4n) is 9.97. The van der Waals surface area contributed by atoms with Gasteiger partial charge in [-0.05, 0) is 96.3 Å². The van der Waals surface area contributed by atoms with Gasteiger partial charge in [0, 0.05) is 19.3 Å². The van der Waals surface area contributed by atoms with Gasteiger partial charge in [-0.2, -0.15) is 0 Å². The second-order valence-electron chi connectivity index (χ2n) is 23.1. The lowest BCUT2D eigenvalue weighted by atomic mass is 10.0. The van der Waals surface area contributed by atoms with E-state index in [-0.39, 0.29) is 31.1 Å². The number of carbonyl (C=O) groups excluding carboxylic acids is 3. The summed E-state index contributed by atoms with van der Waals surface area (Å²) in [5.74, 6) is -0.891. The first-order valence-electron chi connectivity index (χ1n) is 34.6. The average molecular weight is 1120 g/mol. The van der Waals surface area contributed by atoms with Gasteiger partial charge in [0.15, 0.2) is 6.10 Å². The van der Waals surface area contributed by atoms with Crippen molar-refractivity contribution in [3.05, 3.63) is 85.1 Å². The molecule has 0 aliphatic rings. The zero-order valence-corrected chi connectivity index (χ0v) is 53.1.